The van der Waals surface area contributed by atoms with E-state index < -0.39 is 0 Å². The number of nitrogens with zero attached hydrogens (tertiary/aromatic N) is 3. The monoisotopic (exact) mass is 325 g/mol. The molecule has 1 saturated heterocycles. The van der Waals surface area contributed by atoms with E-state index in [1.54, 1.807) is 0 Å². The number of nitrogens with one attached hydrogen (secondary N) is 2. The second-order valence-electron chi connectivity index (χ2n) is 4.60. The molecule has 0 aromatic carbocycles. The number of fused-ring (bicyclic) bond motifs is 1. The zero-order chi connectivity index (χ0) is 13.4. The predicted molar refractivity (Wildman–Crippen MR) is 78.0 cm³/mol. The summed E-state index contributed by atoms with van der Waals surface area (Å²) < 4.78 is 2.26. The van der Waals surface area contributed by atoms with Gasteiger partial charge in [-0.15, -0.1) is 0 Å². The average molecular weight is 326 g/mol. The first-order chi connectivity index (χ1) is 9.20. The third kappa shape index (κ3) is 2.17. The van der Waals surface area contributed by atoms with Crippen LogP contribution in [0.2, 0.25) is 0 Å². The summed E-state index contributed by atoms with van der Waals surface area (Å²) in [5, 5.41) is 6.27. The van der Waals surface area contributed by atoms with Crippen LogP contribution < -0.4 is 15.8 Å². The summed E-state index contributed by atoms with van der Waals surface area (Å²) in [4.78, 5) is 19.4. The van der Waals surface area contributed by atoms with Crippen molar-refractivity contribution in [2.24, 2.45) is 0 Å². The summed E-state index contributed by atoms with van der Waals surface area (Å²) in [6.07, 6.45) is 0.758. The van der Waals surface area contributed by atoms with Crippen molar-refractivity contribution in [3.63, 3.8) is 0 Å². The van der Waals surface area contributed by atoms with E-state index >= 15 is 0 Å². The summed E-state index contributed by atoms with van der Waals surface area (Å²) in [5.74, 6) is 0. The highest BCUT2D eigenvalue weighted by atomic mass is 79.9. The van der Waals surface area contributed by atoms with Crippen molar-refractivity contribution in [2.45, 2.75) is 13.3 Å². The van der Waals surface area contributed by atoms with E-state index in [1.165, 1.54) is 4.52 Å². The Balaban J connectivity index is 2.20. The van der Waals surface area contributed by atoms with E-state index in [0.29, 0.717) is 5.65 Å². The van der Waals surface area contributed by atoms with E-state index in [-0.39, 0.29) is 5.56 Å². The van der Waals surface area contributed by atoms with Gasteiger partial charge in [-0.05, 0) is 22.4 Å². The molecule has 0 amide bonds. The predicted octanol–water partition coefficient (Wildman–Crippen LogP) is 0.757. The van der Waals surface area contributed by atoms with Crippen LogP contribution in [0.25, 0.3) is 5.65 Å². The SMILES string of the molecule is CCc1nc2cc(Br)[nH]n2c(=O)c1N1CCNCC1. The molecular formula is C12H16BrN5O. The van der Waals surface area contributed by atoms with Crippen molar-refractivity contribution >= 4 is 27.3 Å². The third-order valence-electron chi connectivity index (χ3n) is 3.40. The first kappa shape index (κ1) is 12.7. The Bertz CT molecular complexity index is 656. The van der Waals surface area contributed by atoms with E-state index in [0.717, 1.165) is 48.6 Å². The number of aryl methyl sites for hydroxylation is 1. The van der Waals surface area contributed by atoms with Gasteiger partial charge in [0.05, 0.1) is 5.69 Å². The van der Waals surface area contributed by atoms with E-state index in [4.69, 9.17) is 0 Å². The fourth-order valence-corrected chi connectivity index (χ4v) is 2.87. The molecule has 1 aliphatic heterocycles. The fraction of sp³-hybridized carbons (Fsp3) is 0.500. The Kier molecular flexibility index (Phi) is 3.32. The molecule has 1 fully saturated rings. The number of anilines is 1. The first-order valence-corrected chi connectivity index (χ1v) is 7.26. The van der Waals surface area contributed by atoms with Crippen LogP contribution in [0.3, 0.4) is 0 Å². The molecule has 3 rings (SSSR count). The number of H-pyrrole nitrogens is 1. The second kappa shape index (κ2) is 4.97. The molecule has 2 aromatic heterocycles. The van der Waals surface area contributed by atoms with Crippen LogP contribution in [0.1, 0.15) is 12.6 Å². The summed E-state index contributed by atoms with van der Waals surface area (Å²) >= 11 is 3.35. The van der Waals surface area contributed by atoms with Crippen LogP contribution in [0.5, 0.6) is 0 Å². The van der Waals surface area contributed by atoms with Gasteiger partial charge >= 0.3 is 0 Å². The summed E-state index contributed by atoms with van der Waals surface area (Å²) in [7, 11) is 0. The van der Waals surface area contributed by atoms with Crippen LogP contribution >= 0.6 is 15.9 Å². The molecule has 0 radical (unpaired) electrons. The first-order valence-electron chi connectivity index (χ1n) is 6.46. The van der Waals surface area contributed by atoms with Crippen molar-refractivity contribution in [3.05, 3.63) is 26.7 Å². The number of rotatable bonds is 2. The van der Waals surface area contributed by atoms with Gasteiger partial charge in [-0.1, -0.05) is 6.92 Å². The van der Waals surface area contributed by atoms with Gasteiger partial charge in [0.25, 0.3) is 5.56 Å². The van der Waals surface area contributed by atoms with Crippen LogP contribution in [-0.2, 0) is 6.42 Å². The van der Waals surface area contributed by atoms with Crippen LogP contribution in [0.4, 0.5) is 5.69 Å². The maximum absolute atomic E-state index is 12.6. The number of hydrogen-bond donors (Lipinski definition) is 2. The lowest BCUT2D eigenvalue weighted by Gasteiger charge is -2.29. The highest BCUT2D eigenvalue weighted by Gasteiger charge is 2.20. The van der Waals surface area contributed by atoms with Crippen LogP contribution in [-0.4, -0.2) is 40.8 Å². The smallest absolute Gasteiger partial charge is 0.296 e. The zero-order valence-electron chi connectivity index (χ0n) is 10.7. The topological polar surface area (TPSA) is 65.4 Å². The number of halogens is 1. The highest BCUT2D eigenvalue weighted by Crippen LogP contribution is 2.18. The van der Waals surface area contributed by atoms with E-state index in [9.17, 15) is 4.79 Å². The minimum atomic E-state index is -0.0190. The maximum Gasteiger partial charge on any atom is 0.296 e. The fourth-order valence-electron chi connectivity index (χ4n) is 2.48. The Morgan fingerprint density at radius 1 is 1.42 bits per heavy atom. The molecule has 6 nitrogen and oxygen atoms in total. The summed E-state index contributed by atoms with van der Waals surface area (Å²) in [6, 6.07) is 1.82. The van der Waals surface area contributed by atoms with Crippen molar-refractivity contribution < 1.29 is 0 Å². The molecule has 7 heteroatoms. The molecule has 0 bridgehead atoms. The van der Waals surface area contributed by atoms with Gasteiger partial charge in [-0.25, -0.2) is 4.98 Å². The lowest BCUT2D eigenvalue weighted by atomic mass is 10.2. The Morgan fingerprint density at radius 2 is 2.16 bits per heavy atom. The van der Waals surface area contributed by atoms with Crippen molar-refractivity contribution in [1.29, 1.82) is 0 Å². The minimum Gasteiger partial charge on any atom is -0.363 e. The number of piperazine rings is 1. The Hall–Kier alpha value is -1.34. The van der Waals surface area contributed by atoms with Crippen molar-refractivity contribution in [2.75, 3.05) is 31.1 Å². The van der Waals surface area contributed by atoms with Gasteiger partial charge < -0.3 is 10.2 Å². The molecule has 0 atom stereocenters. The van der Waals surface area contributed by atoms with Gasteiger partial charge in [0, 0.05) is 32.2 Å². The van der Waals surface area contributed by atoms with Gasteiger partial charge in [-0.3, -0.25) is 9.89 Å². The highest BCUT2D eigenvalue weighted by molar-refractivity contribution is 9.10. The summed E-state index contributed by atoms with van der Waals surface area (Å²) in [6.45, 7) is 5.53. The average Bonchev–Trinajstić information content (AvgIpc) is 2.80. The molecule has 3 heterocycles. The molecule has 2 aromatic rings. The van der Waals surface area contributed by atoms with Crippen molar-refractivity contribution in [3.8, 4) is 0 Å². The Morgan fingerprint density at radius 3 is 2.84 bits per heavy atom. The lowest BCUT2D eigenvalue weighted by molar-refractivity contribution is 0.583. The standard InChI is InChI=1S/C12H16BrN5O/c1-2-8-11(17-5-3-14-4-6-17)12(19)18-10(15-8)7-9(13)16-18/h7,14,16H,2-6H2,1H3. The molecule has 2 N–H and O–H groups in total. The van der Waals surface area contributed by atoms with Crippen LogP contribution in [0, 0.1) is 0 Å². The molecule has 0 saturated carbocycles. The van der Waals surface area contributed by atoms with Crippen molar-refractivity contribution in [1.82, 2.24) is 19.9 Å². The van der Waals surface area contributed by atoms with Gasteiger partial charge in [0.15, 0.2) is 5.65 Å². The zero-order valence-corrected chi connectivity index (χ0v) is 12.3. The Labute approximate surface area is 118 Å². The summed E-state index contributed by atoms with van der Waals surface area (Å²) in [5.41, 5.74) is 2.25. The van der Waals surface area contributed by atoms with E-state index in [2.05, 4.69) is 36.2 Å². The molecule has 1 aliphatic rings. The van der Waals surface area contributed by atoms with Gasteiger partial charge in [-0.2, -0.15) is 4.52 Å². The lowest BCUT2D eigenvalue weighted by Crippen LogP contribution is -2.46. The number of hydrogen-bond acceptors (Lipinski definition) is 4. The van der Waals surface area contributed by atoms with Gasteiger partial charge in [0.2, 0.25) is 0 Å². The molecule has 19 heavy (non-hydrogen) atoms. The molecular weight excluding hydrogens is 310 g/mol. The number of aromatic amines is 1. The maximum atomic E-state index is 12.6. The normalized spacial score (nSPS) is 16.2. The van der Waals surface area contributed by atoms with Crippen LogP contribution in [0.15, 0.2) is 15.5 Å². The quantitative estimate of drug-likeness (QED) is 0.855. The molecule has 0 aliphatic carbocycles. The molecule has 0 unspecified atom stereocenters. The third-order valence-corrected chi connectivity index (χ3v) is 3.81. The largest absolute Gasteiger partial charge is 0.363 e. The number of aromatic nitrogens is 3. The minimum absolute atomic E-state index is 0.0190. The van der Waals surface area contributed by atoms with E-state index in [1.807, 2.05) is 13.0 Å². The molecule has 0 spiro atoms. The molecule has 102 valence electrons. The van der Waals surface area contributed by atoms with Gasteiger partial charge in [0.1, 0.15) is 10.3 Å². The second-order valence-corrected chi connectivity index (χ2v) is 5.45.